The first kappa shape index (κ1) is 26.2. The Morgan fingerprint density at radius 2 is 1.81 bits per heavy atom. The average molecular weight is 556 g/mol. The van der Waals surface area contributed by atoms with Crippen LogP contribution in [0.4, 0.5) is 0 Å². The van der Waals surface area contributed by atoms with Crippen LogP contribution in [0.25, 0.3) is 0 Å². The Balaban J connectivity index is 1.64. The normalized spacial score (nSPS) is 40.3. The maximum absolute atomic E-state index is 14.4. The van der Waals surface area contributed by atoms with Crippen molar-refractivity contribution >= 4 is 46.6 Å². The van der Waals surface area contributed by atoms with E-state index in [1.54, 1.807) is 19.1 Å². The zero-order valence-corrected chi connectivity index (χ0v) is 22.7. The van der Waals surface area contributed by atoms with E-state index >= 15 is 0 Å². The van der Waals surface area contributed by atoms with Crippen LogP contribution in [0.3, 0.4) is 0 Å². The molecule has 36 heavy (non-hydrogen) atoms. The molecule has 1 aromatic carbocycles. The first-order valence-electron chi connectivity index (χ1n) is 12.0. The Hall–Kier alpha value is -1.41. The van der Waals surface area contributed by atoms with Gasteiger partial charge in [-0.2, -0.15) is 0 Å². The number of ether oxygens (including phenoxy) is 1. The number of allylic oxidation sites excluding steroid dienone is 1. The molecule has 9 heteroatoms. The molecular formula is C27H29Cl3O6. The Kier molecular flexibility index (Phi) is 6.04. The molecule has 1 spiro atoms. The molecule has 2 fully saturated rings. The Labute approximate surface area is 224 Å². The highest BCUT2D eigenvalue weighted by Crippen LogP contribution is 2.71. The van der Waals surface area contributed by atoms with E-state index in [2.05, 4.69) is 13.8 Å². The van der Waals surface area contributed by atoms with Gasteiger partial charge in [0.2, 0.25) is 0 Å². The van der Waals surface area contributed by atoms with Gasteiger partial charge in [-0.05, 0) is 59.8 Å². The molecule has 5 rings (SSSR count). The molecule has 2 bridgehead atoms. The van der Waals surface area contributed by atoms with Crippen LogP contribution in [0.1, 0.15) is 44.5 Å². The van der Waals surface area contributed by atoms with Crippen molar-refractivity contribution in [3.8, 4) is 0 Å². The highest BCUT2D eigenvalue weighted by Gasteiger charge is 2.76. The van der Waals surface area contributed by atoms with Gasteiger partial charge in [0.1, 0.15) is 6.10 Å². The van der Waals surface area contributed by atoms with Crippen LogP contribution in [0.15, 0.2) is 35.4 Å². The molecule has 0 saturated heterocycles. The third-order valence-corrected chi connectivity index (χ3v) is 10.1. The molecule has 0 amide bonds. The summed E-state index contributed by atoms with van der Waals surface area (Å²) in [6.07, 6.45) is 0.928. The first-order valence-corrected chi connectivity index (χ1v) is 13.2. The average Bonchev–Trinajstić information content (AvgIpc) is 3.27. The van der Waals surface area contributed by atoms with Crippen LogP contribution in [0, 0.1) is 34.5 Å². The topological polar surface area (TPSA) is 104 Å². The van der Waals surface area contributed by atoms with E-state index in [0.29, 0.717) is 12.0 Å². The maximum atomic E-state index is 14.4. The lowest BCUT2D eigenvalue weighted by Crippen LogP contribution is -2.65. The van der Waals surface area contributed by atoms with Gasteiger partial charge in [0.15, 0.2) is 17.5 Å². The third-order valence-electron chi connectivity index (χ3n) is 9.33. The van der Waals surface area contributed by atoms with Gasteiger partial charge in [0.25, 0.3) is 0 Å². The molecule has 4 aliphatic rings. The van der Waals surface area contributed by atoms with E-state index in [-0.39, 0.29) is 55.2 Å². The number of carbonyl (C=O) groups excluding carboxylic acids is 2. The van der Waals surface area contributed by atoms with Crippen LogP contribution >= 0.6 is 34.8 Å². The highest BCUT2D eigenvalue weighted by molar-refractivity contribution is 6.41. The lowest BCUT2D eigenvalue weighted by atomic mass is 9.59. The fourth-order valence-corrected chi connectivity index (χ4v) is 8.47. The Morgan fingerprint density at radius 3 is 2.39 bits per heavy atom. The number of fused-ring (bicyclic) bond motifs is 3. The van der Waals surface area contributed by atoms with Gasteiger partial charge < -0.3 is 20.1 Å². The van der Waals surface area contributed by atoms with Gasteiger partial charge in [0, 0.05) is 10.9 Å². The van der Waals surface area contributed by atoms with Crippen LogP contribution in [0.2, 0.25) is 15.1 Å². The molecule has 3 N–H and O–H groups in total. The maximum Gasteiger partial charge on any atom is 0.341 e. The minimum atomic E-state index is -2.24. The van der Waals surface area contributed by atoms with Gasteiger partial charge in [-0.3, -0.25) is 4.79 Å². The molecule has 0 unspecified atom stereocenters. The number of benzene rings is 1. The van der Waals surface area contributed by atoms with Gasteiger partial charge in [-0.1, -0.05) is 67.7 Å². The number of rotatable bonds is 3. The number of hydrogen-bond donors (Lipinski definition) is 3. The number of aliphatic hydroxyl groups is 3. The van der Waals surface area contributed by atoms with E-state index < -0.39 is 41.7 Å². The molecule has 2 saturated carbocycles. The van der Waals surface area contributed by atoms with E-state index in [4.69, 9.17) is 39.5 Å². The number of hydrogen-bond acceptors (Lipinski definition) is 6. The fraction of sp³-hybridized carbons (Fsp3) is 0.556. The summed E-state index contributed by atoms with van der Waals surface area (Å²) in [6.45, 7) is 7.25. The molecule has 8 atom stereocenters. The van der Waals surface area contributed by atoms with Crippen molar-refractivity contribution in [1.82, 2.24) is 0 Å². The second-order valence-electron chi connectivity index (χ2n) is 11.4. The smallest absolute Gasteiger partial charge is 0.341 e. The van der Waals surface area contributed by atoms with E-state index in [1.165, 1.54) is 12.1 Å². The molecule has 194 valence electrons. The third kappa shape index (κ3) is 3.21. The van der Waals surface area contributed by atoms with Crippen molar-refractivity contribution in [2.24, 2.45) is 34.5 Å². The van der Waals surface area contributed by atoms with E-state index in [9.17, 15) is 24.9 Å². The van der Waals surface area contributed by atoms with Gasteiger partial charge in [-0.25, -0.2) is 4.79 Å². The minimum absolute atomic E-state index is 0.0301. The van der Waals surface area contributed by atoms with Crippen LogP contribution < -0.4 is 0 Å². The summed E-state index contributed by atoms with van der Waals surface area (Å²) in [4.78, 5) is 27.7. The van der Waals surface area contributed by atoms with Crippen molar-refractivity contribution in [2.45, 2.75) is 51.9 Å². The van der Waals surface area contributed by atoms with E-state index in [1.807, 2.05) is 6.92 Å². The zero-order chi connectivity index (χ0) is 26.5. The van der Waals surface area contributed by atoms with Crippen LogP contribution in [-0.2, 0) is 9.53 Å². The second kappa shape index (κ2) is 8.29. The molecule has 6 nitrogen and oxygen atoms in total. The molecule has 4 aliphatic carbocycles. The second-order valence-corrected chi connectivity index (χ2v) is 12.6. The number of carbonyl (C=O) groups is 2. The number of halogens is 3. The monoisotopic (exact) mass is 554 g/mol. The summed E-state index contributed by atoms with van der Waals surface area (Å²) in [5.74, 6) is -1.82. The lowest BCUT2D eigenvalue weighted by molar-refractivity contribution is -0.190. The molecule has 1 aromatic rings. The zero-order valence-electron chi connectivity index (χ0n) is 20.4. The lowest BCUT2D eigenvalue weighted by Gasteiger charge is -2.48. The Bertz CT molecular complexity index is 1210. The van der Waals surface area contributed by atoms with Gasteiger partial charge in [-0.15, -0.1) is 0 Å². The summed E-state index contributed by atoms with van der Waals surface area (Å²) >= 11 is 18.4. The summed E-state index contributed by atoms with van der Waals surface area (Å²) in [7, 11) is 0. The highest BCUT2D eigenvalue weighted by atomic mass is 35.5. The van der Waals surface area contributed by atoms with Crippen molar-refractivity contribution in [2.75, 3.05) is 6.61 Å². The van der Waals surface area contributed by atoms with Gasteiger partial charge >= 0.3 is 5.97 Å². The predicted molar refractivity (Wildman–Crippen MR) is 136 cm³/mol. The van der Waals surface area contributed by atoms with Crippen molar-refractivity contribution < 1.29 is 29.6 Å². The minimum Gasteiger partial charge on any atom is -0.451 e. The number of Topliss-reactive ketones (excluding diaryl/α,β-unsaturated/α-hetero) is 1. The van der Waals surface area contributed by atoms with E-state index in [0.717, 1.165) is 0 Å². The summed E-state index contributed by atoms with van der Waals surface area (Å²) in [6, 6.07) is 2.70. The molecular weight excluding hydrogens is 527 g/mol. The summed E-state index contributed by atoms with van der Waals surface area (Å²) in [5.41, 5.74) is -3.40. The largest absolute Gasteiger partial charge is 0.451 e. The molecule has 0 heterocycles. The van der Waals surface area contributed by atoms with Crippen LogP contribution in [0.5, 0.6) is 0 Å². The predicted octanol–water partition coefficient (Wildman–Crippen LogP) is 4.64. The quantitative estimate of drug-likeness (QED) is 0.371. The van der Waals surface area contributed by atoms with Crippen molar-refractivity contribution in [3.05, 3.63) is 56.1 Å². The van der Waals surface area contributed by atoms with Gasteiger partial charge in [0.05, 0.1) is 27.6 Å². The number of aliphatic hydroxyl groups excluding tert-OH is 2. The fourth-order valence-electron chi connectivity index (χ4n) is 7.50. The molecule has 0 aliphatic heterocycles. The first-order chi connectivity index (χ1) is 16.7. The Morgan fingerprint density at radius 1 is 1.19 bits per heavy atom. The number of ketones is 1. The summed E-state index contributed by atoms with van der Waals surface area (Å²) < 4.78 is 5.81. The van der Waals surface area contributed by atoms with Crippen molar-refractivity contribution in [3.63, 3.8) is 0 Å². The van der Waals surface area contributed by atoms with Crippen molar-refractivity contribution in [1.29, 1.82) is 0 Å². The summed E-state index contributed by atoms with van der Waals surface area (Å²) in [5, 5.41) is 34.4. The van der Waals surface area contributed by atoms with Crippen LogP contribution in [-0.4, -0.2) is 51.5 Å². The number of esters is 1. The molecule has 0 radical (unpaired) electrons. The SMILES string of the molecule is CC1=C[C@]23C(=O)[C@@H](C=C(CO)[C@@H](O)[C@]2(O)[C@H]1OC(=O)c1c(Cl)cc(Cl)cc1Cl)[C@H]1[C@@H](C[C@H]3C)C1(C)C. The standard InChI is InChI=1S/C27H29Cl3O6/c1-11-9-26-12(2)5-16-20(25(16,3)4)15(22(26)33)6-13(10-31)21(32)27(26,35)23(11)36-24(34)19-17(29)7-14(28)8-18(19)30/h6-9,12,15-16,20-21,23,31-32,35H,5,10H2,1-4H3/t12-,15+,16-,20+,21-,23+,26+,27+/m1/s1. The molecule has 0 aromatic heterocycles.